The van der Waals surface area contributed by atoms with Crippen molar-refractivity contribution in [2.45, 2.75) is 58.8 Å². The lowest BCUT2D eigenvalue weighted by Gasteiger charge is -2.26. The zero-order valence-corrected chi connectivity index (χ0v) is 11.4. The monoisotopic (exact) mass is 247 g/mol. The predicted octanol–water partition coefficient (Wildman–Crippen LogP) is 1.28. The summed E-state index contributed by atoms with van der Waals surface area (Å²) in [5.74, 6) is 0.302. The fraction of sp³-hybridized carbons (Fsp3) is 0.917. The van der Waals surface area contributed by atoms with Gasteiger partial charge in [0.1, 0.15) is 5.60 Å². The average Bonchev–Trinajstić information content (AvgIpc) is 2.11. The number of alkyl carbamates (subject to hydrolysis) is 1. The Labute approximate surface area is 103 Å². The second-order valence-corrected chi connectivity index (χ2v) is 5.63. The molecule has 0 bridgehead atoms. The number of nitrogens with one attached hydrogen (secondary N) is 1. The molecule has 0 unspecified atom stereocenters. The quantitative estimate of drug-likeness (QED) is 0.684. The van der Waals surface area contributed by atoms with Crippen molar-refractivity contribution >= 4 is 6.09 Å². The summed E-state index contributed by atoms with van der Waals surface area (Å²) in [6.07, 6.45) is -0.957. The van der Waals surface area contributed by atoms with Gasteiger partial charge in [-0.1, -0.05) is 13.8 Å². The molecule has 5 nitrogen and oxygen atoms in total. The average molecular weight is 247 g/mol. The minimum Gasteiger partial charge on any atom is -0.444 e. The van der Waals surface area contributed by atoms with Gasteiger partial charge in [0.05, 0.1) is 18.8 Å². The molecule has 0 aliphatic heterocycles. The summed E-state index contributed by atoms with van der Waals surface area (Å²) in [6, 6.07) is -0.491. The van der Waals surface area contributed by atoms with Crippen LogP contribution in [0.1, 0.15) is 41.0 Å². The largest absolute Gasteiger partial charge is 0.444 e. The molecule has 0 saturated heterocycles. The fourth-order valence-corrected chi connectivity index (χ4v) is 1.41. The Balaban J connectivity index is 4.37. The Morgan fingerprint density at radius 1 is 1.35 bits per heavy atom. The van der Waals surface area contributed by atoms with Crippen molar-refractivity contribution in [3.05, 3.63) is 0 Å². The Bertz CT molecular complexity index is 235. The molecule has 102 valence electrons. The molecule has 0 aliphatic carbocycles. The van der Waals surface area contributed by atoms with Crippen molar-refractivity contribution in [3.63, 3.8) is 0 Å². The number of amides is 1. The van der Waals surface area contributed by atoms with Crippen molar-refractivity contribution in [3.8, 4) is 0 Å². The molecule has 0 aliphatic rings. The number of hydrogen-bond donors (Lipinski definition) is 3. The van der Waals surface area contributed by atoms with Crippen LogP contribution in [0.4, 0.5) is 4.79 Å². The molecule has 5 heteroatoms. The van der Waals surface area contributed by atoms with Gasteiger partial charge in [0, 0.05) is 0 Å². The molecule has 0 rings (SSSR count). The lowest BCUT2D eigenvalue weighted by Crippen LogP contribution is -2.47. The van der Waals surface area contributed by atoms with E-state index in [-0.39, 0.29) is 6.61 Å². The van der Waals surface area contributed by atoms with Crippen LogP contribution in [0, 0.1) is 5.92 Å². The van der Waals surface area contributed by atoms with E-state index >= 15 is 0 Å². The summed E-state index contributed by atoms with van der Waals surface area (Å²) >= 11 is 0. The van der Waals surface area contributed by atoms with E-state index in [4.69, 9.17) is 9.84 Å². The molecular formula is C12H25NO4. The number of ether oxygens (including phenoxy) is 1. The SMILES string of the molecule is CC(C)C[C@@H](NC(=O)OC(C)(C)C)[C@H](O)CO. The maximum absolute atomic E-state index is 11.5. The molecule has 3 N–H and O–H groups in total. The second kappa shape index (κ2) is 6.81. The Morgan fingerprint density at radius 3 is 2.24 bits per heavy atom. The molecule has 0 aromatic heterocycles. The number of rotatable bonds is 5. The van der Waals surface area contributed by atoms with Gasteiger partial charge in [-0.15, -0.1) is 0 Å². The summed E-state index contributed by atoms with van der Waals surface area (Å²) in [7, 11) is 0. The Kier molecular flexibility index (Phi) is 6.49. The number of hydrogen-bond acceptors (Lipinski definition) is 4. The summed E-state index contributed by atoms with van der Waals surface area (Å²) in [6.45, 7) is 8.89. The summed E-state index contributed by atoms with van der Waals surface area (Å²) < 4.78 is 5.10. The van der Waals surface area contributed by atoms with Gasteiger partial charge in [-0.3, -0.25) is 0 Å². The van der Waals surface area contributed by atoms with Crippen molar-refractivity contribution in [2.75, 3.05) is 6.61 Å². The van der Waals surface area contributed by atoms with Crippen molar-refractivity contribution in [1.82, 2.24) is 5.32 Å². The van der Waals surface area contributed by atoms with Gasteiger partial charge < -0.3 is 20.3 Å². The zero-order chi connectivity index (χ0) is 13.6. The van der Waals surface area contributed by atoms with E-state index in [1.807, 2.05) is 13.8 Å². The first kappa shape index (κ1) is 16.2. The summed E-state index contributed by atoms with van der Waals surface area (Å²) in [5, 5.41) is 21.1. The van der Waals surface area contributed by atoms with Crippen molar-refractivity contribution in [1.29, 1.82) is 0 Å². The van der Waals surface area contributed by atoms with Gasteiger partial charge in [-0.25, -0.2) is 4.79 Å². The van der Waals surface area contributed by atoms with Crippen LogP contribution in [0.25, 0.3) is 0 Å². The van der Waals surface area contributed by atoms with Crippen LogP contribution in [0.15, 0.2) is 0 Å². The summed E-state index contributed by atoms with van der Waals surface area (Å²) in [5.41, 5.74) is -0.573. The van der Waals surface area contributed by atoms with Gasteiger partial charge >= 0.3 is 6.09 Å². The third-order valence-corrected chi connectivity index (χ3v) is 2.08. The molecule has 0 spiro atoms. The molecule has 0 fully saturated rings. The highest BCUT2D eigenvalue weighted by atomic mass is 16.6. The molecule has 2 atom stereocenters. The minimum absolute atomic E-state index is 0.302. The molecule has 1 amide bonds. The normalized spacial score (nSPS) is 15.5. The highest BCUT2D eigenvalue weighted by molar-refractivity contribution is 5.68. The first-order valence-corrected chi connectivity index (χ1v) is 5.94. The van der Waals surface area contributed by atoms with Crippen LogP contribution in [0.3, 0.4) is 0 Å². The lowest BCUT2D eigenvalue weighted by atomic mass is 10.00. The number of aliphatic hydroxyl groups excluding tert-OH is 2. The number of carbonyl (C=O) groups is 1. The van der Waals surface area contributed by atoms with Crippen molar-refractivity contribution in [2.24, 2.45) is 5.92 Å². The van der Waals surface area contributed by atoms with Crippen LogP contribution >= 0.6 is 0 Å². The van der Waals surface area contributed by atoms with Gasteiger partial charge in [0.25, 0.3) is 0 Å². The first-order chi connectivity index (χ1) is 7.65. The third kappa shape index (κ3) is 7.99. The molecule has 0 aromatic rings. The van der Waals surface area contributed by atoms with E-state index < -0.39 is 23.8 Å². The topological polar surface area (TPSA) is 78.8 Å². The molecule has 0 aromatic carbocycles. The number of carbonyl (C=O) groups excluding carboxylic acids is 1. The highest BCUT2D eigenvalue weighted by Gasteiger charge is 2.24. The van der Waals surface area contributed by atoms with Crippen LogP contribution < -0.4 is 5.32 Å². The van der Waals surface area contributed by atoms with E-state index in [0.717, 1.165) is 0 Å². The Hall–Kier alpha value is -0.810. The fourth-order valence-electron chi connectivity index (χ4n) is 1.41. The maximum atomic E-state index is 11.5. The minimum atomic E-state index is -0.968. The van der Waals surface area contributed by atoms with Crippen molar-refractivity contribution < 1.29 is 19.7 Å². The predicted molar refractivity (Wildman–Crippen MR) is 65.7 cm³/mol. The third-order valence-electron chi connectivity index (χ3n) is 2.08. The molecular weight excluding hydrogens is 222 g/mol. The highest BCUT2D eigenvalue weighted by Crippen LogP contribution is 2.11. The lowest BCUT2D eigenvalue weighted by molar-refractivity contribution is 0.0286. The second-order valence-electron chi connectivity index (χ2n) is 5.63. The van der Waals surface area contributed by atoms with E-state index in [0.29, 0.717) is 12.3 Å². The molecule has 0 heterocycles. The van der Waals surface area contributed by atoms with Crippen LogP contribution in [0.2, 0.25) is 0 Å². The van der Waals surface area contributed by atoms with E-state index in [1.165, 1.54) is 0 Å². The van der Waals surface area contributed by atoms with E-state index in [1.54, 1.807) is 20.8 Å². The first-order valence-electron chi connectivity index (χ1n) is 5.94. The zero-order valence-electron chi connectivity index (χ0n) is 11.4. The van der Waals surface area contributed by atoms with Gasteiger partial charge in [0.2, 0.25) is 0 Å². The van der Waals surface area contributed by atoms with E-state index in [2.05, 4.69) is 5.32 Å². The van der Waals surface area contributed by atoms with Gasteiger partial charge in [-0.05, 0) is 33.1 Å². The maximum Gasteiger partial charge on any atom is 0.407 e. The molecule has 0 radical (unpaired) electrons. The smallest absolute Gasteiger partial charge is 0.407 e. The standard InChI is InChI=1S/C12H25NO4/c1-8(2)6-9(10(15)7-14)13-11(16)17-12(3,4)5/h8-10,14-15H,6-7H2,1-5H3,(H,13,16)/t9-,10-/m1/s1. The number of aliphatic hydroxyl groups is 2. The van der Waals surface area contributed by atoms with Crippen LogP contribution in [0.5, 0.6) is 0 Å². The van der Waals surface area contributed by atoms with Gasteiger partial charge in [0.15, 0.2) is 0 Å². The summed E-state index contributed by atoms with van der Waals surface area (Å²) in [4.78, 5) is 11.5. The molecule has 0 saturated carbocycles. The molecule has 17 heavy (non-hydrogen) atoms. The Morgan fingerprint density at radius 2 is 1.88 bits per heavy atom. The van der Waals surface area contributed by atoms with Crippen LogP contribution in [-0.4, -0.2) is 40.7 Å². The van der Waals surface area contributed by atoms with Gasteiger partial charge in [-0.2, -0.15) is 0 Å². The van der Waals surface area contributed by atoms with E-state index in [9.17, 15) is 9.90 Å². The van der Waals surface area contributed by atoms with Crippen LogP contribution in [-0.2, 0) is 4.74 Å².